The molecule has 3 amide bonds. The Labute approximate surface area is 198 Å². The molecule has 1 saturated heterocycles. The summed E-state index contributed by atoms with van der Waals surface area (Å²) in [6, 6.07) is 2.00. The second-order valence-corrected chi connectivity index (χ2v) is 10.3. The average Bonchev–Trinajstić information content (AvgIpc) is 3.52. The SMILES string of the molecule is CNC(=O)Nc1nc(C)c(-c2cc3c(c(N4CCN(C)CC4)n2)C(=O)N([C@@H](C)C2CC2)C3)s1. The lowest BCUT2D eigenvalue weighted by Crippen LogP contribution is -2.45. The molecular weight excluding hydrogens is 438 g/mol. The van der Waals surface area contributed by atoms with Crippen LogP contribution in [0.15, 0.2) is 6.07 Å². The number of carbonyl (C=O) groups is 2. The number of amides is 3. The number of anilines is 2. The van der Waals surface area contributed by atoms with Gasteiger partial charge < -0.3 is 20.0 Å². The van der Waals surface area contributed by atoms with Crippen LogP contribution in [0, 0.1) is 12.8 Å². The summed E-state index contributed by atoms with van der Waals surface area (Å²) in [5.41, 5.74) is 3.44. The predicted molar refractivity (Wildman–Crippen MR) is 130 cm³/mol. The number of piperazine rings is 1. The lowest BCUT2D eigenvalue weighted by Gasteiger charge is -2.34. The Morgan fingerprint density at radius 2 is 1.94 bits per heavy atom. The number of hydrogen-bond donors (Lipinski definition) is 2. The highest BCUT2D eigenvalue weighted by molar-refractivity contribution is 7.19. The zero-order valence-corrected chi connectivity index (χ0v) is 20.5. The van der Waals surface area contributed by atoms with Gasteiger partial charge in [-0.25, -0.2) is 14.8 Å². The van der Waals surface area contributed by atoms with Crippen molar-refractivity contribution in [1.82, 2.24) is 25.1 Å². The molecule has 2 N–H and O–H groups in total. The Kier molecular flexibility index (Phi) is 5.74. The molecule has 0 spiro atoms. The molecule has 0 radical (unpaired) electrons. The van der Waals surface area contributed by atoms with Crippen molar-refractivity contribution in [1.29, 1.82) is 0 Å². The Balaban J connectivity index is 1.55. The number of thiazole rings is 1. The number of urea groups is 1. The quantitative estimate of drug-likeness (QED) is 0.700. The predicted octanol–water partition coefficient (Wildman–Crippen LogP) is 2.77. The third kappa shape index (κ3) is 4.17. The minimum atomic E-state index is -0.300. The van der Waals surface area contributed by atoms with E-state index in [1.807, 2.05) is 11.8 Å². The van der Waals surface area contributed by atoms with E-state index < -0.39 is 0 Å². The lowest BCUT2D eigenvalue weighted by molar-refractivity contribution is 0.0697. The number of pyridine rings is 1. The number of fused-ring (bicyclic) bond motifs is 1. The van der Waals surface area contributed by atoms with Gasteiger partial charge in [-0.05, 0) is 51.3 Å². The second kappa shape index (κ2) is 8.57. The zero-order chi connectivity index (χ0) is 23.3. The van der Waals surface area contributed by atoms with E-state index in [0.717, 1.165) is 59.4 Å². The molecule has 1 aliphatic carbocycles. The maximum absolute atomic E-state index is 13.6. The topological polar surface area (TPSA) is 93.7 Å². The van der Waals surface area contributed by atoms with Crippen molar-refractivity contribution in [2.24, 2.45) is 5.92 Å². The minimum absolute atomic E-state index is 0.111. The van der Waals surface area contributed by atoms with E-state index in [0.29, 0.717) is 17.6 Å². The maximum Gasteiger partial charge on any atom is 0.320 e. The third-order valence-electron chi connectivity index (χ3n) is 6.97. The van der Waals surface area contributed by atoms with Crippen LogP contribution in [0.5, 0.6) is 0 Å². The summed E-state index contributed by atoms with van der Waals surface area (Å²) in [5, 5.41) is 5.84. The highest BCUT2D eigenvalue weighted by Crippen LogP contribution is 2.42. The number of hydrogen-bond acceptors (Lipinski definition) is 7. The first-order chi connectivity index (χ1) is 15.9. The summed E-state index contributed by atoms with van der Waals surface area (Å²) >= 11 is 1.41. The van der Waals surface area contributed by atoms with Crippen LogP contribution in [-0.4, -0.2) is 78.0 Å². The molecule has 3 aliphatic rings. The van der Waals surface area contributed by atoms with Crippen LogP contribution in [0.3, 0.4) is 0 Å². The van der Waals surface area contributed by atoms with E-state index in [2.05, 4.69) is 45.5 Å². The highest BCUT2D eigenvalue weighted by Gasteiger charge is 2.41. The number of nitrogens with zero attached hydrogens (tertiary/aromatic N) is 5. The molecule has 2 aromatic heterocycles. The molecule has 2 fully saturated rings. The van der Waals surface area contributed by atoms with Gasteiger partial charge >= 0.3 is 6.03 Å². The molecule has 9 nitrogen and oxygen atoms in total. The van der Waals surface area contributed by atoms with Gasteiger partial charge in [-0.2, -0.15) is 0 Å². The molecule has 0 aromatic carbocycles. The number of carbonyl (C=O) groups excluding carboxylic acids is 2. The number of aryl methyl sites for hydroxylation is 1. The van der Waals surface area contributed by atoms with Gasteiger partial charge in [-0.1, -0.05) is 11.3 Å². The Bertz CT molecular complexity index is 1090. The molecule has 4 heterocycles. The Morgan fingerprint density at radius 3 is 2.61 bits per heavy atom. The first-order valence-electron chi connectivity index (χ1n) is 11.6. The van der Waals surface area contributed by atoms with Gasteiger partial charge in [0.2, 0.25) is 0 Å². The molecule has 1 saturated carbocycles. The molecule has 10 heteroatoms. The number of rotatable bonds is 5. The third-order valence-corrected chi connectivity index (χ3v) is 8.07. The Hall–Kier alpha value is -2.72. The summed E-state index contributed by atoms with van der Waals surface area (Å²) in [6.45, 7) is 8.30. The van der Waals surface area contributed by atoms with Crippen LogP contribution in [-0.2, 0) is 6.54 Å². The molecule has 2 aliphatic heterocycles. The standard InChI is InChI=1S/C23H31N7O2S/c1-13-19(33-23(25-13)27-22(32)24-3)17-11-16-12-30(14(2)15-5-6-15)21(31)18(16)20(26-17)29-9-7-28(4)8-10-29/h11,14-15H,5-10,12H2,1-4H3,(H2,24,25,27,32)/t14-/m0/s1. The van der Waals surface area contributed by atoms with Crippen molar-refractivity contribution in [2.75, 3.05) is 50.5 Å². The van der Waals surface area contributed by atoms with E-state index in [-0.39, 0.29) is 18.0 Å². The molecule has 0 unspecified atom stereocenters. The van der Waals surface area contributed by atoms with Crippen LogP contribution >= 0.6 is 11.3 Å². The summed E-state index contributed by atoms with van der Waals surface area (Å²) < 4.78 is 0. The van der Waals surface area contributed by atoms with Gasteiger partial charge in [0.05, 0.1) is 21.8 Å². The average molecular weight is 470 g/mol. The lowest BCUT2D eigenvalue weighted by atomic mass is 10.1. The summed E-state index contributed by atoms with van der Waals surface area (Å²) in [7, 11) is 3.70. The molecule has 33 heavy (non-hydrogen) atoms. The van der Waals surface area contributed by atoms with Crippen LogP contribution in [0.2, 0.25) is 0 Å². The molecule has 0 bridgehead atoms. The molecule has 1 atom stereocenters. The molecular formula is C23H31N7O2S. The Morgan fingerprint density at radius 1 is 1.21 bits per heavy atom. The fraction of sp³-hybridized carbons (Fsp3) is 0.565. The van der Waals surface area contributed by atoms with Crippen LogP contribution in [0.25, 0.3) is 10.6 Å². The fourth-order valence-electron chi connectivity index (χ4n) is 4.71. The molecule has 2 aromatic rings. The van der Waals surface area contributed by atoms with Crippen LogP contribution in [0.4, 0.5) is 15.7 Å². The number of nitrogens with one attached hydrogen (secondary N) is 2. The van der Waals surface area contributed by atoms with Crippen LogP contribution in [0.1, 0.15) is 41.4 Å². The van der Waals surface area contributed by atoms with Crippen molar-refractivity contribution >= 4 is 34.2 Å². The zero-order valence-electron chi connectivity index (χ0n) is 19.6. The van der Waals surface area contributed by atoms with Gasteiger partial charge in [-0.3, -0.25) is 10.1 Å². The van der Waals surface area contributed by atoms with Gasteiger partial charge in [0.15, 0.2) is 5.13 Å². The molecule has 176 valence electrons. The minimum Gasteiger partial charge on any atom is -0.353 e. The normalized spacial score (nSPS) is 19.6. The smallest absolute Gasteiger partial charge is 0.320 e. The highest BCUT2D eigenvalue weighted by atomic mass is 32.1. The van der Waals surface area contributed by atoms with Crippen molar-refractivity contribution < 1.29 is 9.59 Å². The van der Waals surface area contributed by atoms with E-state index in [4.69, 9.17) is 4.98 Å². The second-order valence-electron chi connectivity index (χ2n) is 9.30. The van der Waals surface area contributed by atoms with E-state index >= 15 is 0 Å². The first kappa shape index (κ1) is 22.1. The summed E-state index contributed by atoms with van der Waals surface area (Å²) in [4.78, 5) is 42.4. The first-order valence-corrected chi connectivity index (χ1v) is 12.4. The monoisotopic (exact) mass is 469 g/mol. The van der Waals surface area contributed by atoms with Gasteiger partial charge in [0, 0.05) is 45.8 Å². The van der Waals surface area contributed by atoms with Crippen molar-refractivity contribution in [3.05, 3.63) is 22.9 Å². The number of likely N-dealkylation sites (N-methyl/N-ethyl adjacent to an activating group) is 1. The van der Waals surface area contributed by atoms with E-state index in [9.17, 15) is 9.59 Å². The van der Waals surface area contributed by atoms with Gasteiger partial charge in [0.1, 0.15) is 5.82 Å². The van der Waals surface area contributed by atoms with Gasteiger partial charge in [0.25, 0.3) is 5.91 Å². The molecule has 5 rings (SSSR count). The summed E-state index contributed by atoms with van der Waals surface area (Å²) in [6.07, 6.45) is 2.41. The van der Waals surface area contributed by atoms with Gasteiger partial charge in [-0.15, -0.1) is 0 Å². The fourth-order valence-corrected chi connectivity index (χ4v) is 5.63. The largest absolute Gasteiger partial charge is 0.353 e. The summed E-state index contributed by atoms with van der Waals surface area (Å²) in [5.74, 6) is 1.52. The maximum atomic E-state index is 13.6. The van der Waals surface area contributed by atoms with E-state index in [1.54, 1.807) is 7.05 Å². The van der Waals surface area contributed by atoms with E-state index in [1.165, 1.54) is 24.2 Å². The van der Waals surface area contributed by atoms with Crippen molar-refractivity contribution in [3.8, 4) is 10.6 Å². The van der Waals surface area contributed by atoms with Crippen molar-refractivity contribution in [2.45, 2.75) is 39.3 Å². The van der Waals surface area contributed by atoms with Crippen molar-refractivity contribution in [3.63, 3.8) is 0 Å². The van der Waals surface area contributed by atoms with Crippen LogP contribution < -0.4 is 15.5 Å². The number of aromatic nitrogens is 2.